The van der Waals surface area contributed by atoms with E-state index in [9.17, 15) is 9.59 Å². The van der Waals surface area contributed by atoms with Crippen LogP contribution in [0.1, 0.15) is 62.3 Å². The van der Waals surface area contributed by atoms with E-state index < -0.39 is 5.97 Å². The second-order valence-corrected chi connectivity index (χ2v) is 11.3. The van der Waals surface area contributed by atoms with Crippen LogP contribution in [0.15, 0.2) is 36.4 Å². The number of amides is 1. The third kappa shape index (κ3) is 5.18. The molecule has 4 fully saturated rings. The molecule has 4 aliphatic carbocycles. The van der Waals surface area contributed by atoms with Gasteiger partial charge in [0.25, 0.3) is 5.91 Å². The molecular weight excluding hydrogens is 462 g/mol. The summed E-state index contributed by atoms with van der Waals surface area (Å²) in [6, 6.07) is 10.0. The fourth-order valence-corrected chi connectivity index (χ4v) is 7.40. The lowest BCUT2D eigenvalue weighted by Gasteiger charge is -2.59. The molecule has 4 saturated carbocycles. The zero-order valence-electron chi connectivity index (χ0n) is 20.5. The Morgan fingerprint density at radius 3 is 2.43 bits per heavy atom. The second-order valence-electron chi connectivity index (χ2n) is 10.9. The molecule has 2 aromatic rings. The summed E-state index contributed by atoms with van der Waals surface area (Å²) in [5.74, 6) is 1.68. The molecule has 1 heterocycles. The SMILES string of the molecule is Cc1nn(Cc2ccccc2)c(Cl)c1C=CC(=O)OCC(=O)NC(C)C12CC3CC(CC(C3)C1)C2. The van der Waals surface area contributed by atoms with Crippen LogP contribution in [0.3, 0.4) is 0 Å². The van der Waals surface area contributed by atoms with E-state index in [1.165, 1.54) is 44.6 Å². The number of carbonyl (C=O) groups is 2. The van der Waals surface area contributed by atoms with Crippen LogP contribution >= 0.6 is 11.6 Å². The molecule has 1 N–H and O–H groups in total. The van der Waals surface area contributed by atoms with Gasteiger partial charge in [0.1, 0.15) is 5.15 Å². The van der Waals surface area contributed by atoms with Gasteiger partial charge < -0.3 is 10.1 Å². The summed E-state index contributed by atoms with van der Waals surface area (Å²) in [5, 5.41) is 8.08. The minimum atomic E-state index is -0.575. The molecule has 7 heteroatoms. The van der Waals surface area contributed by atoms with Gasteiger partial charge in [0.2, 0.25) is 0 Å². The molecule has 1 atom stereocenters. The Kier molecular flexibility index (Phi) is 6.75. The number of carbonyl (C=O) groups excluding carboxylic acids is 2. The standard InChI is InChI=1S/C28H34ClN3O3/c1-18-24(27(29)32(31-18)16-20-6-4-3-5-7-20)8-9-26(34)35-17-25(33)30-19(2)28-13-21-10-22(14-28)12-23(11-21)15-28/h3-9,19,21-23H,10-17H2,1-2H3,(H,30,33). The molecule has 0 spiro atoms. The largest absolute Gasteiger partial charge is 0.452 e. The first-order valence-electron chi connectivity index (χ1n) is 12.7. The number of hydrogen-bond donors (Lipinski definition) is 1. The van der Waals surface area contributed by atoms with Gasteiger partial charge in [-0.15, -0.1) is 0 Å². The summed E-state index contributed by atoms with van der Waals surface area (Å²) in [6.45, 7) is 4.24. The summed E-state index contributed by atoms with van der Waals surface area (Å²) in [6.07, 6.45) is 10.7. The van der Waals surface area contributed by atoms with Gasteiger partial charge in [-0.05, 0) is 87.2 Å². The minimum Gasteiger partial charge on any atom is -0.452 e. The molecule has 1 aromatic carbocycles. The Balaban J connectivity index is 1.13. The van der Waals surface area contributed by atoms with Gasteiger partial charge in [0.05, 0.1) is 12.2 Å². The zero-order chi connectivity index (χ0) is 24.6. The van der Waals surface area contributed by atoms with E-state index in [-0.39, 0.29) is 24.0 Å². The van der Waals surface area contributed by atoms with Gasteiger partial charge in [-0.25, -0.2) is 9.48 Å². The van der Waals surface area contributed by atoms with Crippen LogP contribution in [0, 0.1) is 30.1 Å². The Labute approximate surface area is 212 Å². The van der Waals surface area contributed by atoms with Gasteiger partial charge >= 0.3 is 5.97 Å². The topological polar surface area (TPSA) is 73.2 Å². The first-order valence-corrected chi connectivity index (χ1v) is 13.1. The Morgan fingerprint density at radius 2 is 1.80 bits per heavy atom. The lowest BCUT2D eigenvalue weighted by Crippen LogP contribution is -2.56. The fraction of sp³-hybridized carbons (Fsp3) is 0.536. The minimum absolute atomic E-state index is 0.106. The molecule has 6 rings (SSSR count). The second kappa shape index (κ2) is 9.81. The summed E-state index contributed by atoms with van der Waals surface area (Å²) >= 11 is 6.51. The predicted octanol–water partition coefficient (Wildman–Crippen LogP) is 5.17. The number of nitrogens with zero attached hydrogens (tertiary/aromatic N) is 2. The molecule has 0 aliphatic heterocycles. The van der Waals surface area contributed by atoms with Gasteiger partial charge in [-0.3, -0.25) is 4.79 Å². The molecule has 0 saturated heterocycles. The Bertz CT molecular complexity index is 1090. The number of benzene rings is 1. The van der Waals surface area contributed by atoms with Crippen LogP contribution < -0.4 is 5.32 Å². The number of nitrogens with one attached hydrogen (secondary N) is 1. The lowest BCUT2D eigenvalue weighted by atomic mass is 9.48. The number of rotatable bonds is 8. The molecule has 0 radical (unpaired) electrons. The van der Waals surface area contributed by atoms with Gasteiger partial charge in [0, 0.05) is 17.7 Å². The highest BCUT2D eigenvalue weighted by Crippen LogP contribution is 2.61. The first-order chi connectivity index (χ1) is 16.8. The van der Waals surface area contributed by atoms with E-state index in [2.05, 4.69) is 17.3 Å². The molecule has 4 bridgehead atoms. The maximum Gasteiger partial charge on any atom is 0.331 e. The van der Waals surface area contributed by atoms with Crippen molar-refractivity contribution in [3.63, 3.8) is 0 Å². The van der Waals surface area contributed by atoms with Crippen molar-refractivity contribution >= 4 is 29.6 Å². The molecule has 1 unspecified atom stereocenters. The van der Waals surface area contributed by atoms with E-state index in [0.717, 1.165) is 29.0 Å². The Hall–Kier alpha value is -2.60. The van der Waals surface area contributed by atoms with Crippen molar-refractivity contribution in [3.8, 4) is 0 Å². The number of hydrogen-bond acceptors (Lipinski definition) is 4. The highest BCUT2D eigenvalue weighted by Gasteiger charge is 2.53. The summed E-state index contributed by atoms with van der Waals surface area (Å²) in [4.78, 5) is 24.9. The number of aryl methyl sites for hydroxylation is 1. The van der Waals surface area contributed by atoms with E-state index in [0.29, 0.717) is 17.3 Å². The van der Waals surface area contributed by atoms with E-state index >= 15 is 0 Å². The normalized spacial score (nSPS) is 27.8. The highest BCUT2D eigenvalue weighted by atomic mass is 35.5. The van der Waals surface area contributed by atoms with Crippen molar-refractivity contribution in [2.24, 2.45) is 23.2 Å². The van der Waals surface area contributed by atoms with Crippen LogP contribution in [0.4, 0.5) is 0 Å². The summed E-state index contributed by atoms with van der Waals surface area (Å²) in [5.41, 5.74) is 2.69. The average molecular weight is 496 g/mol. The van der Waals surface area contributed by atoms with E-state index in [1.54, 1.807) is 10.8 Å². The number of aromatic nitrogens is 2. The van der Waals surface area contributed by atoms with Crippen molar-refractivity contribution in [3.05, 3.63) is 58.4 Å². The van der Waals surface area contributed by atoms with Crippen LogP contribution in [-0.4, -0.2) is 34.3 Å². The first kappa shape index (κ1) is 24.1. The lowest BCUT2D eigenvalue weighted by molar-refractivity contribution is -0.145. The maximum atomic E-state index is 12.6. The quantitative estimate of drug-likeness (QED) is 0.405. The monoisotopic (exact) mass is 495 g/mol. The van der Waals surface area contributed by atoms with Crippen molar-refractivity contribution in [2.45, 2.75) is 65.0 Å². The summed E-state index contributed by atoms with van der Waals surface area (Å²) in [7, 11) is 0. The van der Waals surface area contributed by atoms with Gasteiger partial charge in [-0.1, -0.05) is 41.9 Å². The number of halogens is 1. The van der Waals surface area contributed by atoms with Crippen molar-refractivity contribution in [1.29, 1.82) is 0 Å². The average Bonchev–Trinajstić information content (AvgIpc) is 3.08. The van der Waals surface area contributed by atoms with Crippen LogP contribution in [0.25, 0.3) is 6.08 Å². The molecule has 186 valence electrons. The molecule has 1 amide bonds. The van der Waals surface area contributed by atoms with Crippen molar-refractivity contribution in [2.75, 3.05) is 6.61 Å². The van der Waals surface area contributed by atoms with Crippen molar-refractivity contribution < 1.29 is 14.3 Å². The van der Waals surface area contributed by atoms with E-state index in [4.69, 9.17) is 16.3 Å². The number of esters is 1. The number of ether oxygens (including phenoxy) is 1. The van der Waals surface area contributed by atoms with Gasteiger partial charge in [-0.2, -0.15) is 5.10 Å². The van der Waals surface area contributed by atoms with Gasteiger partial charge in [0.15, 0.2) is 6.61 Å². The maximum absolute atomic E-state index is 12.6. The van der Waals surface area contributed by atoms with Crippen molar-refractivity contribution in [1.82, 2.24) is 15.1 Å². The molecule has 35 heavy (non-hydrogen) atoms. The molecule has 1 aromatic heterocycles. The smallest absolute Gasteiger partial charge is 0.331 e. The summed E-state index contributed by atoms with van der Waals surface area (Å²) < 4.78 is 6.92. The van der Waals surface area contributed by atoms with Crippen LogP contribution in [0.2, 0.25) is 5.15 Å². The van der Waals surface area contributed by atoms with E-state index in [1.807, 2.05) is 37.3 Å². The highest BCUT2D eigenvalue weighted by molar-refractivity contribution is 6.31. The predicted molar refractivity (Wildman–Crippen MR) is 136 cm³/mol. The van der Waals surface area contributed by atoms with Crippen LogP contribution in [-0.2, 0) is 20.9 Å². The third-order valence-corrected chi connectivity index (χ3v) is 8.80. The fourth-order valence-electron chi connectivity index (χ4n) is 7.10. The zero-order valence-corrected chi connectivity index (χ0v) is 21.3. The molecule has 4 aliphatic rings. The molecule has 6 nitrogen and oxygen atoms in total. The Morgan fingerprint density at radius 1 is 1.17 bits per heavy atom. The van der Waals surface area contributed by atoms with Crippen LogP contribution in [0.5, 0.6) is 0 Å². The third-order valence-electron chi connectivity index (χ3n) is 8.40. The molecular formula is C28H34ClN3O3.